The predicted molar refractivity (Wildman–Crippen MR) is 125 cm³/mol. The highest BCUT2D eigenvalue weighted by Gasteiger charge is 2.35. The van der Waals surface area contributed by atoms with Crippen molar-refractivity contribution in [2.24, 2.45) is 0 Å². The first-order chi connectivity index (χ1) is 15.9. The lowest BCUT2D eigenvalue weighted by molar-refractivity contribution is -0.139. The number of rotatable bonds is 6. The third-order valence-corrected chi connectivity index (χ3v) is 5.90. The van der Waals surface area contributed by atoms with E-state index in [0.29, 0.717) is 34.3 Å². The molecule has 4 rings (SSSR count). The summed E-state index contributed by atoms with van der Waals surface area (Å²) in [5, 5.41) is 10.1. The molecule has 1 aliphatic rings. The van der Waals surface area contributed by atoms with Gasteiger partial charge in [0, 0.05) is 22.2 Å². The van der Waals surface area contributed by atoms with Crippen molar-refractivity contribution in [1.82, 2.24) is 4.90 Å². The third kappa shape index (κ3) is 5.41. The maximum absolute atomic E-state index is 13.2. The van der Waals surface area contributed by atoms with E-state index in [1.807, 2.05) is 24.3 Å². The van der Waals surface area contributed by atoms with E-state index in [9.17, 15) is 9.59 Å². The van der Waals surface area contributed by atoms with Crippen LogP contribution < -0.4 is 4.74 Å². The van der Waals surface area contributed by atoms with Gasteiger partial charge in [-0.25, -0.2) is 9.59 Å². The van der Waals surface area contributed by atoms with Gasteiger partial charge in [0.25, 0.3) is 0 Å². The number of benzene rings is 3. The molecule has 3 aromatic rings. The Morgan fingerprint density at radius 3 is 2.45 bits per heavy atom. The fraction of sp³-hybridized carbons (Fsp3) is 0.200. The van der Waals surface area contributed by atoms with Gasteiger partial charge in [-0.15, -0.1) is 0 Å². The van der Waals surface area contributed by atoms with E-state index >= 15 is 0 Å². The van der Waals surface area contributed by atoms with Gasteiger partial charge in [-0.05, 0) is 53.4 Å². The number of carbonyl (C=O) groups is 2. The summed E-state index contributed by atoms with van der Waals surface area (Å²) in [7, 11) is 0. The Morgan fingerprint density at radius 2 is 1.70 bits per heavy atom. The summed E-state index contributed by atoms with van der Waals surface area (Å²) in [5.74, 6) is -0.752. The standard InChI is InChI=1S/C25H21Cl2NO5/c26-18-7-5-16(6-8-18)14-33-25(31)28-12-11-17-3-1-2-4-20(17)24(28)21-13-19(27)9-10-22(21)32-15-23(29)30/h1-10,13,24H,11-12,14-15H2,(H,29,30). The van der Waals surface area contributed by atoms with Crippen molar-refractivity contribution in [3.8, 4) is 5.75 Å². The lowest BCUT2D eigenvalue weighted by Crippen LogP contribution is -2.41. The van der Waals surface area contributed by atoms with Crippen molar-refractivity contribution in [2.45, 2.75) is 19.1 Å². The summed E-state index contributed by atoms with van der Waals surface area (Å²) in [6, 6.07) is 19.3. The topological polar surface area (TPSA) is 76.1 Å². The zero-order chi connectivity index (χ0) is 23.4. The van der Waals surface area contributed by atoms with Crippen LogP contribution in [0, 0.1) is 0 Å². The van der Waals surface area contributed by atoms with Gasteiger partial charge >= 0.3 is 12.1 Å². The van der Waals surface area contributed by atoms with Crippen molar-refractivity contribution in [1.29, 1.82) is 0 Å². The van der Waals surface area contributed by atoms with E-state index in [1.54, 1.807) is 47.4 Å². The molecule has 0 fully saturated rings. The summed E-state index contributed by atoms with van der Waals surface area (Å²) in [6.07, 6.45) is 0.169. The van der Waals surface area contributed by atoms with Crippen LogP contribution >= 0.6 is 23.2 Å². The van der Waals surface area contributed by atoms with Crippen molar-refractivity contribution in [3.63, 3.8) is 0 Å². The van der Waals surface area contributed by atoms with Crippen LogP contribution in [0.25, 0.3) is 0 Å². The van der Waals surface area contributed by atoms with Crippen molar-refractivity contribution < 1.29 is 24.2 Å². The maximum atomic E-state index is 13.2. The van der Waals surface area contributed by atoms with E-state index < -0.39 is 24.7 Å². The number of carboxylic acid groups (broad SMARTS) is 1. The Bertz CT molecular complexity index is 1170. The van der Waals surface area contributed by atoms with Crippen LogP contribution in [0.1, 0.15) is 28.3 Å². The van der Waals surface area contributed by atoms with Crippen LogP contribution in [0.5, 0.6) is 5.75 Å². The second-order valence-corrected chi connectivity index (χ2v) is 8.46. The number of carboxylic acids is 1. The van der Waals surface area contributed by atoms with Crippen molar-refractivity contribution >= 4 is 35.3 Å². The molecule has 0 saturated heterocycles. The van der Waals surface area contributed by atoms with Gasteiger partial charge in [0.1, 0.15) is 12.4 Å². The van der Waals surface area contributed by atoms with Gasteiger partial charge in [0.05, 0.1) is 6.04 Å². The van der Waals surface area contributed by atoms with E-state index in [1.165, 1.54) is 0 Å². The van der Waals surface area contributed by atoms with E-state index in [-0.39, 0.29) is 6.61 Å². The maximum Gasteiger partial charge on any atom is 0.410 e. The predicted octanol–water partition coefficient (Wildman–Crippen LogP) is 5.74. The van der Waals surface area contributed by atoms with Gasteiger partial charge in [0.15, 0.2) is 6.61 Å². The molecule has 1 unspecified atom stereocenters. The number of aliphatic carboxylic acids is 1. The van der Waals surface area contributed by atoms with Crippen LogP contribution in [-0.2, 0) is 22.6 Å². The number of ether oxygens (including phenoxy) is 2. The van der Waals surface area contributed by atoms with Crippen LogP contribution in [0.3, 0.4) is 0 Å². The molecule has 0 bridgehead atoms. The minimum atomic E-state index is -1.10. The van der Waals surface area contributed by atoms with Gasteiger partial charge < -0.3 is 14.6 Å². The molecule has 1 amide bonds. The second kappa shape index (κ2) is 10.1. The minimum Gasteiger partial charge on any atom is -0.482 e. The first-order valence-electron chi connectivity index (χ1n) is 10.3. The highest BCUT2D eigenvalue weighted by atomic mass is 35.5. The molecule has 33 heavy (non-hydrogen) atoms. The molecule has 0 saturated carbocycles. The van der Waals surface area contributed by atoms with Gasteiger partial charge in [-0.1, -0.05) is 59.6 Å². The Morgan fingerprint density at radius 1 is 0.970 bits per heavy atom. The molecule has 0 aromatic heterocycles. The number of amides is 1. The minimum absolute atomic E-state index is 0.0960. The van der Waals surface area contributed by atoms with Crippen LogP contribution in [-0.4, -0.2) is 35.2 Å². The molecule has 6 nitrogen and oxygen atoms in total. The molecule has 0 radical (unpaired) electrons. The average molecular weight is 486 g/mol. The zero-order valence-corrected chi connectivity index (χ0v) is 19.1. The molecule has 3 aromatic carbocycles. The molecule has 8 heteroatoms. The Hall–Kier alpha value is -3.22. The van der Waals surface area contributed by atoms with Crippen molar-refractivity contribution in [3.05, 3.63) is 99.0 Å². The molecule has 0 spiro atoms. The molecular formula is C25H21Cl2NO5. The van der Waals surface area contributed by atoms with Crippen molar-refractivity contribution in [2.75, 3.05) is 13.2 Å². The number of hydrogen-bond donors (Lipinski definition) is 1. The number of nitrogens with zero attached hydrogens (tertiary/aromatic N) is 1. The second-order valence-electron chi connectivity index (χ2n) is 7.59. The Labute approximate surface area is 201 Å². The highest BCUT2D eigenvalue weighted by Crippen LogP contribution is 2.40. The smallest absolute Gasteiger partial charge is 0.410 e. The largest absolute Gasteiger partial charge is 0.482 e. The van der Waals surface area contributed by atoms with E-state index in [4.69, 9.17) is 37.8 Å². The fourth-order valence-corrected chi connectivity index (χ4v) is 4.22. The summed E-state index contributed by atoms with van der Waals surface area (Å²) < 4.78 is 11.2. The number of hydrogen-bond acceptors (Lipinski definition) is 4. The summed E-state index contributed by atoms with van der Waals surface area (Å²) in [6.45, 7) is 0.00874. The van der Waals surface area contributed by atoms with Crippen LogP contribution in [0.15, 0.2) is 66.7 Å². The fourth-order valence-electron chi connectivity index (χ4n) is 3.91. The Balaban J connectivity index is 1.67. The third-order valence-electron chi connectivity index (χ3n) is 5.41. The molecule has 1 aliphatic heterocycles. The molecule has 1 atom stereocenters. The number of fused-ring (bicyclic) bond motifs is 1. The normalized spacial score (nSPS) is 15.0. The molecule has 0 aliphatic carbocycles. The first kappa shape index (κ1) is 23.0. The molecule has 1 heterocycles. The quantitative estimate of drug-likeness (QED) is 0.481. The summed E-state index contributed by atoms with van der Waals surface area (Å²) in [4.78, 5) is 25.9. The Kier molecular flexibility index (Phi) is 7.06. The van der Waals surface area contributed by atoms with Gasteiger partial charge in [0.2, 0.25) is 0 Å². The molecule has 1 N–H and O–H groups in total. The first-order valence-corrected chi connectivity index (χ1v) is 11.1. The average Bonchev–Trinajstić information content (AvgIpc) is 2.82. The van der Waals surface area contributed by atoms with Gasteiger partial charge in [-0.2, -0.15) is 0 Å². The number of halogens is 2. The lowest BCUT2D eigenvalue weighted by Gasteiger charge is -2.37. The molecular weight excluding hydrogens is 465 g/mol. The summed E-state index contributed by atoms with van der Waals surface area (Å²) >= 11 is 12.2. The van der Waals surface area contributed by atoms with E-state index in [0.717, 1.165) is 16.7 Å². The lowest BCUT2D eigenvalue weighted by atomic mass is 9.88. The van der Waals surface area contributed by atoms with Crippen LogP contribution in [0.4, 0.5) is 4.79 Å². The SMILES string of the molecule is O=C(O)COc1ccc(Cl)cc1C1c2ccccc2CCN1C(=O)OCc1ccc(Cl)cc1. The monoisotopic (exact) mass is 485 g/mol. The summed E-state index contributed by atoms with van der Waals surface area (Å²) in [5.41, 5.74) is 3.41. The number of carbonyl (C=O) groups excluding carboxylic acids is 1. The van der Waals surface area contributed by atoms with Gasteiger partial charge in [-0.3, -0.25) is 4.90 Å². The molecule has 170 valence electrons. The van der Waals surface area contributed by atoms with E-state index in [2.05, 4.69) is 0 Å². The highest BCUT2D eigenvalue weighted by molar-refractivity contribution is 6.30. The zero-order valence-electron chi connectivity index (χ0n) is 17.5. The van der Waals surface area contributed by atoms with Crippen LogP contribution in [0.2, 0.25) is 10.0 Å².